The van der Waals surface area contributed by atoms with E-state index in [0.29, 0.717) is 17.6 Å². The number of aliphatic hydroxyl groups excluding tert-OH is 6. The van der Waals surface area contributed by atoms with Crippen molar-refractivity contribution in [3.05, 3.63) is 147 Å². The maximum absolute atomic E-state index is 16.6. The van der Waals surface area contributed by atoms with E-state index in [1.54, 1.807) is 0 Å². The second-order valence-corrected chi connectivity index (χ2v) is 34.4. The van der Waals surface area contributed by atoms with E-state index in [-0.39, 0.29) is 99.3 Å². The Hall–Kier alpha value is -10.6. The number of halogens is 2. The predicted octanol–water partition coefficient (Wildman–Crippen LogP) is 3.46. The molecule has 11 aliphatic rings. The molecule has 2 saturated heterocycles. The van der Waals surface area contributed by atoms with Crippen molar-refractivity contribution in [1.29, 1.82) is 0 Å². The van der Waals surface area contributed by atoms with Crippen LogP contribution in [0.15, 0.2) is 103 Å². The molecule has 15 bridgehead atoms. The Balaban J connectivity index is 0.963. The third-order valence-electron chi connectivity index (χ3n) is 24.2. The number of aliphatic hydroxyl groups is 6. The number of hydrogen-bond donors (Lipinski definition) is 19. The van der Waals surface area contributed by atoms with E-state index in [9.17, 15) is 60.3 Å². The standard InChI is InChI=1S/C86H100Cl2N10O26/c1-35(2)19-52(90-5)78(110)97-68-70(104)41-10-15-56(50(87)26-41)120-58-28-45-29-59(74(58)124-85-75(73(107)72(106)60(34-99)122-85)123-62-33-86(4,89)76(108)36(3)119-62)121-57-16-11-42(27-51(57)88)71(105)69-84(116)96-67(82(114)93-64-43-21-37-20-38(23-43)24-44(64)22-37)49-30-46(100)31-55(102)63(49)48-25-40(9-14-54(48)101)65(80(112)98-69)95-81(113)66(45)94-79(111)53(91-83(68)115)32-61(103)92-77(109)39-7-12-47(13-8-39)118-18-17-117-6/h7-16,25-31,35-38,43-44,52-53,60,62,64-73,75-76,85,90,99-102,104-108H,17-24,32-34,89H2,1-6H3,(H,91,115)(H,93,114)(H,94,111)(H,95,113)(H,96,116)(H,97,110)(H,98,112)(H,92,103,109)/t36-,37?,38?,43?,44?,52+,53-,60+,62-,64?,65+,66+,67-,68+,69-,70+,71+,72+,73-,75+,76+,85-,86-/m0/s1. The number of aromatic hydroxyl groups is 3. The number of nitrogens with two attached hydrogens (primary N) is 1. The van der Waals surface area contributed by atoms with Crippen LogP contribution in [0.2, 0.25) is 10.0 Å². The van der Waals surface area contributed by atoms with E-state index in [4.69, 9.17) is 66.8 Å². The summed E-state index contributed by atoms with van der Waals surface area (Å²) in [4.78, 5) is 139. The van der Waals surface area contributed by atoms with Crippen molar-refractivity contribution in [2.24, 2.45) is 35.3 Å². The number of likely N-dealkylation sites (N-methyl/N-ethyl adjacent to an activating group) is 1. The summed E-state index contributed by atoms with van der Waals surface area (Å²) < 4.78 is 49.8. The number of imide groups is 1. The molecule has 4 saturated carbocycles. The number of fused-ring (bicyclic) bond motifs is 15. The molecule has 6 fully saturated rings. The highest BCUT2D eigenvalue weighted by molar-refractivity contribution is 6.32. The Labute approximate surface area is 720 Å². The normalized spacial score (nSPS) is 30.5. The average Bonchev–Trinajstić information content (AvgIpc) is 0.757. The van der Waals surface area contributed by atoms with E-state index in [1.165, 1.54) is 76.5 Å². The first-order valence-corrected chi connectivity index (χ1v) is 41.6. The molecule has 0 aromatic heterocycles. The average molecular weight is 1760 g/mol. The van der Waals surface area contributed by atoms with E-state index in [1.807, 2.05) is 13.8 Å². The molecule has 7 aliphatic heterocycles. The third-order valence-corrected chi connectivity index (χ3v) is 24.8. The molecule has 4 aliphatic carbocycles. The van der Waals surface area contributed by atoms with Gasteiger partial charge in [0.1, 0.15) is 108 Å². The van der Waals surface area contributed by atoms with Crippen molar-refractivity contribution in [1.82, 2.24) is 47.9 Å². The van der Waals surface area contributed by atoms with Crippen molar-refractivity contribution in [3.63, 3.8) is 0 Å². The van der Waals surface area contributed by atoms with Crippen LogP contribution in [0, 0.1) is 29.6 Å². The molecule has 38 heteroatoms. The maximum Gasteiger partial charge on any atom is 0.257 e. The minimum Gasteiger partial charge on any atom is -0.508 e. The lowest BCUT2D eigenvalue weighted by Gasteiger charge is -2.54. The van der Waals surface area contributed by atoms with Gasteiger partial charge in [-0.2, -0.15) is 0 Å². The summed E-state index contributed by atoms with van der Waals surface area (Å²) in [5, 5.41) is 130. The molecule has 0 unspecified atom stereocenters. The Morgan fingerprint density at radius 1 is 0.661 bits per heavy atom. The zero-order valence-electron chi connectivity index (χ0n) is 68.2. The predicted molar refractivity (Wildman–Crippen MR) is 438 cm³/mol. The number of ether oxygens (including phenoxy) is 8. The zero-order chi connectivity index (χ0) is 88.8. The van der Waals surface area contributed by atoms with Gasteiger partial charge in [-0.15, -0.1) is 0 Å². The lowest BCUT2D eigenvalue weighted by Crippen LogP contribution is -2.64. The fraction of sp³-hybridized carbons (Fsp3) is 0.477. The number of phenols is 3. The molecular formula is C86H100Cl2N10O26. The molecule has 9 amide bonds. The lowest BCUT2D eigenvalue weighted by atomic mass is 9.54. The first-order chi connectivity index (χ1) is 59.0. The molecule has 36 nitrogen and oxygen atoms in total. The quantitative estimate of drug-likeness (QED) is 0.0516. The molecule has 17 rings (SSSR count). The van der Waals surface area contributed by atoms with Gasteiger partial charge < -0.3 is 132 Å². The summed E-state index contributed by atoms with van der Waals surface area (Å²) in [5.74, 6) is -14.5. The van der Waals surface area contributed by atoms with E-state index in [2.05, 4.69) is 47.9 Å². The van der Waals surface area contributed by atoms with Gasteiger partial charge in [-0.3, -0.25) is 48.5 Å². The highest BCUT2D eigenvalue weighted by Crippen LogP contribution is 2.55. The number of nitrogens with one attached hydrogen (secondary N) is 9. The first kappa shape index (κ1) is 89.7. The number of phenolic OH excluding ortho intramolecular Hbond substituents is 3. The summed E-state index contributed by atoms with van der Waals surface area (Å²) in [6.45, 7) is 6.02. The van der Waals surface area contributed by atoms with Crippen LogP contribution in [0.4, 0.5) is 0 Å². The highest BCUT2D eigenvalue weighted by atomic mass is 35.5. The number of amides is 9. The second-order valence-electron chi connectivity index (χ2n) is 33.6. The van der Waals surface area contributed by atoms with Crippen LogP contribution in [0.1, 0.15) is 148 Å². The molecule has 7 heterocycles. The topological polar surface area (TPSA) is 544 Å². The number of carbonyl (C=O) groups excluding carboxylic acids is 9. The van der Waals surface area contributed by atoms with Gasteiger partial charge in [0.25, 0.3) is 5.91 Å². The molecule has 6 aromatic carbocycles. The molecule has 20 N–H and O–H groups in total. The maximum atomic E-state index is 16.6. The SMILES string of the molecule is CN[C@H](CC(C)C)C(=O)N[C@H]1C(=O)N[C@@H](CC(=O)NC(=O)c2ccc(OCCOC)cc2)C(=O)N[C@H]2C(=O)N[C@H]3C(=O)N[C@H](C(=O)N[C@H](C(=O)NC4C5CC6CC(C5)CC4C6)c4cc(O)cc(O)c4-c4cc3ccc4O)[C@H](O)c3ccc(c(Cl)c3)Oc3cc2cc(c3O[C@@H]2O[C@H](CO)[C@@H](O)[C@H](O)[C@H]2O[C@H]2C[C@](C)(N)[C@H](O)[C@H](C)O2)Oc2ccc(cc2Cl)[C@H]1O. The Morgan fingerprint density at radius 2 is 1.28 bits per heavy atom. The molecule has 6 aromatic rings. The Morgan fingerprint density at radius 3 is 1.90 bits per heavy atom. The molecule has 0 radical (unpaired) electrons. The Bertz CT molecular complexity index is 5060. The molecule has 18 atom stereocenters. The van der Waals surface area contributed by atoms with Gasteiger partial charge in [0.15, 0.2) is 23.9 Å². The minimum absolute atomic E-state index is 0.0528. The van der Waals surface area contributed by atoms with Gasteiger partial charge in [0.2, 0.25) is 59.3 Å². The second kappa shape index (κ2) is 37.3. The van der Waals surface area contributed by atoms with Crippen molar-refractivity contribution in [2.45, 2.75) is 194 Å². The van der Waals surface area contributed by atoms with Gasteiger partial charge in [-0.25, -0.2) is 0 Å². The van der Waals surface area contributed by atoms with Crippen LogP contribution in [0.3, 0.4) is 0 Å². The number of benzene rings is 6. The number of rotatable bonds is 19. The number of carbonyl (C=O) groups is 9. The lowest BCUT2D eigenvalue weighted by molar-refractivity contribution is -0.333. The smallest absolute Gasteiger partial charge is 0.257 e. The highest BCUT2D eigenvalue weighted by Gasteiger charge is 2.53. The molecule has 664 valence electrons. The largest absolute Gasteiger partial charge is 0.508 e. The first-order valence-electron chi connectivity index (χ1n) is 40.9. The summed E-state index contributed by atoms with van der Waals surface area (Å²) in [6.07, 6.45) is -14.6. The fourth-order valence-electron chi connectivity index (χ4n) is 18.1. The van der Waals surface area contributed by atoms with Crippen molar-refractivity contribution >= 4 is 76.4 Å². The Kier molecular flexibility index (Phi) is 27.0. The number of methoxy groups -OCH3 is 1. The molecule has 0 spiro atoms. The fourth-order valence-corrected chi connectivity index (χ4v) is 18.5. The van der Waals surface area contributed by atoms with Gasteiger partial charge in [0, 0.05) is 47.9 Å². The van der Waals surface area contributed by atoms with Crippen LogP contribution in [0.5, 0.6) is 51.7 Å². The van der Waals surface area contributed by atoms with Gasteiger partial charge >= 0.3 is 0 Å². The van der Waals surface area contributed by atoms with Crippen molar-refractivity contribution in [3.8, 4) is 62.9 Å². The van der Waals surface area contributed by atoms with Crippen LogP contribution >= 0.6 is 23.2 Å². The number of hydrogen-bond acceptors (Lipinski definition) is 28. The zero-order valence-corrected chi connectivity index (χ0v) is 69.7. The monoisotopic (exact) mass is 1760 g/mol. The van der Waals surface area contributed by atoms with E-state index < -0.39 is 227 Å². The van der Waals surface area contributed by atoms with Crippen LogP contribution in [-0.2, 0) is 57.3 Å². The van der Waals surface area contributed by atoms with Crippen LogP contribution in [0.25, 0.3) is 11.1 Å². The summed E-state index contributed by atoms with van der Waals surface area (Å²) >= 11 is 14.5. The minimum atomic E-state index is -2.42. The molecular weight excluding hydrogens is 1660 g/mol. The third kappa shape index (κ3) is 19.2. The summed E-state index contributed by atoms with van der Waals surface area (Å²) in [6, 6.07) is 5.25. The van der Waals surface area contributed by atoms with Crippen LogP contribution < -0.4 is 72.5 Å². The van der Waals surface area contributed by atoms with Crippen molar-refractivity contribution in [2.75, 3.05) is 34.0 Å². The van der Waals surface area contributed by atoms with Gasteiger partial charge in [-0.05, 0) is 196 Å². The van der Waals surface area contributed by atoms with E-state index >= 15 is 28.8 Å². The molecule has 124 heavy (non-hydrogen) atoms. The van der Waals surface area contributed by atoms with Crippen LogP contribution in [-0.4, -0.2) is 218 Å². The summed E-state index contributed by atoms with van der Waals surface area (Å²) in [7, 11) is 2.94. The van der Waals surface area contributed by atoms with Gasteiger partial charge in [-0.1, -0.05) is 55.2 Å². The summed E-state index contributed by atoms with van der Waals surface area (Å²) in [5.41, 5.74) is 2.77. The van der Waals surface area contributed by atoms with Crippen molar-refractivity contribution < 1.29 is 127 Å². The van der Waals surface area contributed by atoms with E-state index in [0.717, 1.165) is 86.7 Å². The van der Waals surface area contributed by atoms with Gasteiger partial charge in [0.05, 0.1) is 47.9 Å².